The molecule has 0 atom stereocenters. The largest absolute Gasteiger partial charge is 0.352 e. The van der Waals surface area contributed by atoms with Crippen LogP contribution in [0.15, 0.2) is 48.5 Å². The molecular formula is C22H28N2O2. The highest BCUT2D eigenvalue weighted by atomic mass is 16.2. The Bertz CT molecular complexity index is 758. The first-order valence-corrected chi connectivity index (χ1v) is 9.11. The predicted octanol–water partition coefficient (Wildman–Crippen LogP) is 4.77. The lowest BCUT2D eigenvalue weighted by Gasteiger charge is -2.19. The van der Waals surface area contributed by atoms with Crippen molar-refractivity contribution >= 4 is 17.5 Å². The topological polar surface area (TPSA) is 58.2 Å². The number of nitrogens with one attached hydrogen (secondary N) is 2. The normalized spacial score (nSPS) is 11.1. The molecular weight excluding hydrogens is 324 g/mol. The first-order valence-electron chi connectivity index (χ1n) is 9.11. The highest BCUT2D eigenvalue weighted by molar-refractivity contribution is 6.05. The zero-order valence-corrected chi connectivity index (χ0v) is 16.1. The number of anilines is 1. The van der Waals surface area contributed by atoms with Gasteiger partial charge in [0.15, 0.2) is 0 Å². The standard InChI is InChI=1S/C22H28N2O2/c1-5-6-14-23-20(25)17-8-7-9-19(15-17)24-21(26)16-10-12-18(13-11-16)22(2,3)4/h7-13,15H,5-6,14H2,1-4H3,(H,23,25)(H,24,26). The van der Waals surface area contributed by atoms with Gasteiger partial charge in [-0.05, 0) is 47.7 Å². The van der Waals surface area contributed by atoms with E-state index < -0.39 is 0 Å². The number of carbonyl (C=O) groups is 2. The Morgan fingerprint density at radius 2 is 1.62 bits per heavy atom. The maximum absolute atomic E-state index is 12.5. The molecule has 2 aromatic carbocycles. The van der Waals surface area contributed by atoms with Gasteiger partial charge in [-0.3, -0.25) is 9.59 Å². The second-order valence-electron chi connectivity index (χ2n) is 7.47. The van der Waals surface area contributed by atoms with Gasteiger partial charge >= 0.3 is 0 Å². The molecule has 138 valence electrons. The maximum atomic E-state index is 12.5. The molecule has 0 aliphatic heterocycles. The van der Waals surface area contributed by atoms with Crippen LogP contribution in [0.5, 0.6) is 0 Å². The van der Waals surface area contributed by atoms with Crippen LogP contribution >= 0.6 is 0 Å². The number of carbonyl (C=O) groups excluding carboxylic acids is 2. The molecule has 2 N–H and O–H groups in total. The van der Waals surface area contributed by atoms with Crippen molar-refractivity contribution < 1.29 is 9.59 Å². The van der Waals surface area contributed by atoms with E-state index in [1.807, 2.05) is 24.3 Å². The Morgan fingerprint density at radius 1 is 0.923 bits per heavy atom. The van der Waals surface area contributed by atoms with E-state index in [4.69, 9.17) is 0 Å². The Balaban J connectivity index is 2.05. The smallest absolute Gasteiger partial charge is 0.255 e. The Hall–Kier alpha value is -2.62. The molecule has 0 radical (unpaired) electrons. The number of hydrogen-bond donors (Lipinski definition) is 2. The molecule has 0 saturated heterocycles. The van der Waals surface area contributed by atoms with Crippen LogP contribution in [0.25, 0.3) is 0 Å². The second kappa shape index (κ2) is 8.65. The monoisotopic (exact) mass is 352 g/mol. The molecule has 0 saturated carbocycles. The number of benzene rings is 2. The fourth-order valence-electron chi connectivity index (χ4n) is 2.54. The number of unbranched alkanes of at least 4 members (excludes halogenated alkanes) is 1. The third kappa shape index (κ3) is 5.45. The summed E-state index contributed by atoms with van der Waals surface area (Å²) >= 11 is 0. The van der Waals surface area contributed by atoms with Gasteiger partial charge in [0.2, 0.25) is 0 Å². The quantitative estimate of drug-likeness (QED) is 0.736. The number of rotatable bonds is 6. The highest BCUT2D eigenvalue weighted by Crippen LogP contribution is 2.22. The molecule has 0 fully saturated rings. The lowest BCUT2D eigenvalue weighted by atomic mass is 9.87. The molecule has 0 aromatic heterocycles. The molecule has 0 bridgehead atoms. The summed E-state index contributed by atoms with van der Waals surface area (Å²) in [5.41, 5.74) is 2.98. The van der Waals surface area contributed by atoms with Crippen molar-refractivity contribution in [3.8, 4) is 0 Å². The summed E-state index contributed by atoms with van der Waals surface area (Å²) in [7, 11) is 0. The third-order valence-electron chi connectivity index (χ3n) is 4.21. The second-order valence-corrected chi connectivity index (χ2v) is 7.47. The van der Waals surface area contributed by atoms with Crippen molar-refractivity contribution in [3.63, 3.8) is 0 Å². The zero-order valence-electron chi connectivity index (χ0n) is 16.1. The van der Waals surface area contributed by atoms with Crippen molar-refractivity contribution in [3.05, 3.63) is 65.2 Å². The molecule has 2 aromatic rings. The maximum Gasteiger partial charge on any atom is 0.255 e. The van der Waals surface area contributed by atoms with Crippen LogP contribution in [0.4, 0.5) is 5.69 Å². The molecule has 26 heavy (non-hydrogen) atoms. The van der Waals surface area contributed by atoms with E-state index >= 15 is 0 Å². The van der Waals surface area contributed by atoms with Gasteiger partial charge in [0, 0.05) is 23.4 Å². The van der Waals surface area contributed by atoms with Gasteiger partial charge in [-0.2, -0.15) is 0 Å². The van der Waals surface area contributed by atoms with E-state index in [-0.39, 0.29) is 17.2 Å². The summed E-state index contributed by atoms with van der Waals surface area (Å²) in [6.45, 7) is 9.15. The minimum absolute atomic E-state index is 0.0501. The minimum atomic E-state index is -0.186. The molecule has 0 aliphatic rings. The predicted molar refractivity (Wildman–Crippen MR) is 107 cm³/mol. The van der Waals surface area contributed by atoms with Crippen LogP contribution in [0.3, 0.4) is 0 Å². The summed E-state index contributed by atoms with van der Waals surface area (Å²) in [5, 5.41) is 5.74. The van der Waals surface area contributed by atoms with Gasteiger partial charge in [0.05, 0.1) is 0 Å². The number of hydrogen-bond acceptors (Lipinski definition) is 2. The van der Waals surface area contributed by atoms with E-state index in [0.717, 1.165) is 12.8 Å². The average Bonchev–Trinajstić information content (AvgIpc) is 2.61. The summed E-state index contributed by atoms with van der Waals surface area (Å²) in [5.74, 6) is -0.307. The molecule has 0 unspecified atom stereocenters. The first kappa shape index (κ1) is 19.7. The van der Waals surface area contributed by atoms with Crippen LogP contribution in [0.1, 0.15) is 66.8 Å². The van der Waals surface area contributed by atoms with Gasteiger partial charge in [-0.1, -0.05) is 52.3 Å². The van der Waals surface area contributed by atoms with E-state index in [1.165, 1.54) is 5.56 Å². The van der Waals surface area contributed by atoms with E-state index in [0.29, 0.717) is 23.4 Å². The lowest BCUT2D eigenvalue weighted by Crippen LogP contribution is -2.24. The Kier molecular flexibility index (Phi) is 6.56. The van der Waals surface area contributed by atoms with Crippen LogP contribution in [-0.4, -0.2) is 18.4 Å². The van der Waals surface area contributed by atoms with Crippen molar-refractivity contribution in [2.45, 2.75) is 46.0 Å². The fourth-order valence-corrected chi connectivity index (χ4v) is 2.54. The van der Waals surface area contributed by atoms with Crippen LogP contribution < -0.4 is 10.6 Å². The number of amides is 2. The van der Waals surface area contributed by atoms with Gasteiger partial charge < -0.3 is 10.6 Å². The van der Waals surface area contributed by atoms with Crippen molar-refractivity contribution in [1.82, 2.24) is 5.32 Å². The summed E-state index contributed by atoms with van der Waals surface area (Å²) in [4.78, 5) is 24.6. The summed E-state index contributed by atoms with van der Waals surface area (Å²) in [6, 6.07) is 14.6. The SMILES string of the molecule is CCCCNC(=O)c1cccc(NC(=O)c2ccc(C(C)(C)C)cc2)c1. The fraction of sp³-hybridized carbons (Fsp3) is 0.364. The molecule has 4 nitrogen and oxygen atoms in total. The van der Waals surface area contributed by atoms with Gasteiger partial charge in [-0.25, -0.2) is 0 Å². The summed E-state index contributed by atoms with van der Waals surface area (Å²) < 4.78 is 0. The van der Waals surface area contributed by atoms with Gasteiger partial charge in [0.1, 0.15) is 0 Å². The Labute approximate surface area is 156 Å². The van der Waals surface area contributed by atoms with Crippen LogP contribution in [0.2, 0.25) is 0 Å². The molecule has 2 amide bonds. The van der Waals surface area contributed by atoms with E-state index in [1.54, 1.807) is 24.3 Å². The van der Waals surface area contributed by atoms with Crippen molar-refractivity contribution in [1.29, 1.82) is 0 Å². The molecule has 2 rings (SSSR count). The summed E-state index contributed by atoms with van der Waals surface area (Å²) in [6.07, 6.45) is 1.98. The highest BCUT2D eigenvalue weighted by Gasteiger charge is 2.14. The van der Waals surface area contributed by atoms with Crippen LogP contribution in [-0.2, 0) is 5.41 Å². The zero-order chi connectivity index (χ0) is 19.2. The first-order chi connectivity index (χ1) is 12.3. The van der Waals surface area contributed by atoms with Crippen molar-refractivity contribution in [2.75, 3.05) is 11.9 Å². The van der Waals surface area contributed by atoms with Gasteiger partial charge in [0.25, 0.3) is 11.8 Å². The Morgan fingerprint density at radius 3 is 2.23 bits per heavy atom. The molecule has 0 aliphatic carbocycles. The van der Waals surface area contributed by atoms with Crippen molar-refractivity contribution in [2.24, 2.45) is 0 Å². The van der Waals surface area contributed by atoms with Crippen LogP contribution in [0, 0.1) is 0 Å². The average molecular weight is 352 g/mol. The molecule has 0 spiro atoms. The third-order valence-corrected chi connectivity index (χ3v) is 4.21. The lowest BCUT2D eigenvalue weighted by molar-refractivity contribution is 0.0951. The van der Waals surface area contributed by atoms with E-state index in [2.05, 4.69) is 38.3 Å². The van der Waals surface area contributed by atoms with Gasteiger partial charge in [-0.15, -0.1) is 0 Å². The molecule has 4 heteroatoms. The molecule has 0 heterocycles. The van der Waals surface area contributed by atoms with E-state index in [9.17, 15) is 9.59 Å². The minimum Gasteiger partial charge on any atom is -0.352 e.